The Labute approximate surface area is 170 Å². The summed E-state index contributed by atoms with van der Waals surface area (Å²) in [4.78, 5) is 28.9. The number of likely N-dealkylation sites (tertiary alicyclic amines) is 1. The minimum absolute atomic E-state index is 0.0253. The first-order valence-corrected chi connectivity index (χ1v) is 10.2. The highest BCUT2D eigenvalue weighted by atomic mass is 19.1. The zero-order valence-corrected chi connectivity index (χ0v) is 16.7. The van der Waals surface area contributed by atoms with Crippen LogP contribution >= 0.6 is 0 Å². The van der Waals surface area contributed by atoms with Crippen LogP contribution in [0.1, 0.15) is 30.4 Å². The fourth-order valence-corrected chi connectivity index (χ4v) is 4.06. The van der Waals surface area contributed by atoms with Crippen LogP contribution in [0.15, 0.2) is 42.5 Å². The van der Waals surface area contributed by atoms with E-state index in [2.05, 4.69) is 10.2 Å². The highest BCUT2D eigenvalue weighted by molar-refractivity contribution is 5.97. The third-order valence-corrected chi connectivity index (χ3v) is 5.70. The second-order valence-electron chi connectivity index (χ2n) is 8.04. The molecule has 2 fully saturated rings. The summed E-state index contributed by atoms with van der Waals surface area (Å²) in [5, 5.41) is 2.82. The molecule has 1 N–H and O–H groups in total. The van der Waals surface area contributed by atoms with Gasteiger partial charge in [0, 0.05) is 44.0 Å². The lowest BCUT2D eigenvalue weighted by atomic mass is 10.1. The van der Waals surface area contributed by atoms with Crippen molar-refractivity contribution in [3.8, 4) is 0 Å². The van der Waals surface area contributed by atoms with Gasteiger partial charge in [0.1, 0.15) is 5.82 Å². The lowest BCUT2D eigenvalue weighted by Crippen LogP contribution is -2.28. The second-order valence-corrected chi connectivity index (χ2v) is 8.04. The van der Waals surface area contributed by atoms with E-state index in [0.717, 1.165) is 37.2 Å². The predicted octanol–water partition coefficient (Wildman–Crippen LogP) is 3.72. The SMILES string of the molecule is Cc1ccc(CN2CC(C(=O)Nc3cc(F)cc(N4CCCC4)c3)CC2=O)cc1. The van der Waals surface area contributed by atoms with Gasteiger partial charge in [-0.3, -0.25) is 9.59 Å². The number of nitrogens with one attached hydrogen (secondary N) is 1. The Morgan fingerprint density at radius 1 is 1.14 bits per heavy atom. The van der Waals surface area contributed by atoms with Crippen molar-refractivity contribution >= 4 is 23.2 Å². The van der Waals surface area contributed by atoms with Gasteiger partial charge in [0.25, 0.3) is 0 Å². The van der Waals surface area contributed by atoms with E-state index in [4.69, 9.17) is 0 Å². The number of halogens is 1. The molecule has 0 aliphatic carbocycles. The van der Waals surface area contributed by atoms with Crippen LogP contribution in [0.2, 0.25) is 0 Å². The molecular weight excluding hydrogens is 369 g/mol. The number of rotatable bonds is 5. The van der Waals surface area contributed by atoms with Crippen molar-refractivity contribution in [2.45, 2.75) is 32.7 Å². The van der Waals surface area contributed by atoms with Crippen LogP contribution < -0.4 is 10.2 Å². The fourth-order valence-electron chi connectivity index (χ4n) is 4.06. The van der Waals surface area contributed by atoms with Crippen molar-refractivity contribution in [3.63, 3.8) is 0 Å². The van der Waals surface area contributed by atoms with Gasteiger partial charge in [-0.25, -0.2) is 4.39 Å². The van der Waals surface area contributed by atoms with E-state index in [1.54, 1.807) is 4.90 Å². The van der Waals surface area contributed by atoms with Crippen LogP contribution in [0.5, 0.6) is 0 Å². The highest BCUT2D eigenvalue weighted by Crippen LogP contribution is 2.27. The Bertz CT molecular complexity index is 907. The number of hydrogen-bond acceptors (Lipinski definition) is 3. The topological polar surface area (TPSA) is 52.7 Å². The third kappa shape index (κ3) is 4.58. The Kier molecular flexibility index (Phi) is 5.51. The summed E-state index contributed by atoms with van der Waals surface area (Å²) in [5.74, 6) is -1.05. The van der Waals surface area contributed by atoms with Crippen molar-refractivity contribution in [1.29, 1.82) is 0 Å². The van der Waals surface area contributed by atoms with Crippen LogP contribution in [0, 0.1) is 18.7 Å². The molecule has 1 atom stereocenters. The van der Waals surface area contributed by atoms with Crippen LogP contribution in [0.4, 0.5) is 15.8 Å². The van der Waals surface area contributed by atoms with Crippen LogP contribution in [-0.2, 0) is 16.1 Å². The molecule has 0 spiro atoms. The standard InChI is InChI=1S/C23H26FN3O2/c1-16-4-6-17(7-5-16)14-27-15-18(10-22(27)28)23(29)25-20-11-19(24)12-21(13-20)26-8-2-3-9-26/h4-7,11-13,18H,2-3,8-10,14-15H2,1H3,(H,25,29). The van der Waals surface area contributed by atoms with Crippen molar-refractivity contribution in [2.24, 2.45) is 5.92 Å². The number of aryl methyl sites for hydroxylation is 1. The highest BCUT2D eigenvalue weighted by Gasteiger charge is 2.34. The zero-order valence-electron chi connectivity index (χ0n) is 16.7. The van der Waals surface area contributed by atoms with Gasteiger partial charge in [-0.15, -0.1) is 0 Å². The molecule has 1 unspecified atom stereocenters. The van der Waals surface area contributed by atoms with Crippen molar-refractivity contribution < 1.29 is 14.0 Å². The van der Waals surface area contributed by atoms with Gasteiger partial charge in [-0.05, 0) is 43.5 Å². The normalized spacial score (nSPS) is 19.1. The van der Waals surface area contributed by atoms with E-state index < -0.39 is 5.92 Å². The molecule has 2 heterocycles. The van der Waals surface area contributed by atoms with Gasteiger partial charge in [-0.1, -0.05) is 29.8 Å². The van der Waals surface area contributed by atoms with E-state index in [1.165, 1.54) is 17.7 Å². The molecule has 0 radical (unpaired) electrons. The van der Waals surface area contributed by atoms with Crippen LogP contribution in [0.3, 0.4) is 0 Å². The average Bonchev–Trinajstić information content (AvgIpc) is 3.34. The average molecular weight is 395 g/mol. The second kappa shape index (κ2) is 8.23. The summed E-state index contributed by atoms with van der Waals surface area (Å²) in [6.07, 6.45) is 2.38. The molecule has 6 heteroatoms. The molecule has 152 valence electrons. The molecule has 2 saturated heterocycles. The number of carbonyl (C=O) groups excluding carboxylic acids is 2. The predicted molar refractivity (Wildman–Crippen MR) is 111 cm³/mol. The number of carbonyl (C=O) groups is 2. The maximum atomic E-state index is 14.1. The molecule has 2 aliphatic rings. The van der Waals surface area contributed by atoms with Gasteiger partial charge in [0.2, 0.25) is 11.8 Å². The lowest BCUT2D eigenvalue weighted by molar-refractivity contribution is -0.128. The van der Waals surface area contributed by atoms with Gasteiger partial charge in [-0.2, -0.15) is 0 Å². The molecule has 2 aromatic carbocycles. The first kappa shape index (κ1) is 19.4. The molecule has 0 bridgehead atoms. The number of hydrogen-bond donors (Lipinski definition) is 1. The van der Waals surface area contributed by atoms with E-state index in [1.807, 2.05) is 37.3 Å². The molecule has 0 aromatic heterocycles. The number of nitrogens with zero attached hydrogens (tertiary/aromatic N) is 2. The summed E-state index contributed by atoms with van der Waals surface area (Å²) in [5.41, 5.74) is 3.45. The molecule has 2 aromatic rings. The number of anilines is 2. The van der Waals surface area contributed by atoms with E-state index >= 15 is 0 Å². The van der Waals surface area contributed by atoms with Gasteiger partial charge in [0.15, 0.2) is 0 Å². The minimum Gasteiger partial charge on any atom is -0.371 e. The first-order valence-electron chi connectivity index (χ1n) is 10.2. The first-order chi connectivity index (χ1) is 14.0. The Morgan fingerprint density at radius 3 is 2.59 bits per heavy atom. The summed E-state index contributed by atoms with van der Waals surface area (Å²) in [6, 6.07) is 12.7. The molecule has 0 saturated carbocycles. The Balaban J connectivity index is 1.40. The van der Waals surface area contributed by atoms with Gasteiger partial charge in [0.05, 0.1) is 5.92 Å². The van der Waals surface area contributed by atoms with Crippen LogP contribution in [-0.4, -0.2) is 36.3 Å². The monoisotopic (exact) mass is 395 g/mol. The van der Waals surface area contributed by atoms with E-state index in [-0.39, 0.29) is 24.1 Å². The maximum Gasteiger partial charge on any atom is 0.229 e. The lowest BCUT2D eigenvalue weighted by Gasteiger charge is -2.19. The van der Waals surface area contributed by atoms with Gasteiger partial charge >= 0.3 is 0 Å². The summed E-state index contributed by atoms with van der Waals surface area (Å²) >= 11 is 0. The number of amides is 2. The van der Waals surface area contributed by atoms with E-state index in [0.29, 0.717) is 18.8 Å². The van der Waals surface area contributed by atoms with Gasteiger partial charge < -0.3 is 15.1 Å². The quantitative estimate of drug-likeness (QED) is 0.840. The molecule has 2 amide bonds. The number of benzene rings is 2. The van der Waals surface area contributed by atoms with Crippen LogP contribution in [0.25, 0.3) is 0 Å². The Morgan fingerprint density at radius 2 is 1.86 bits per heavy atom. The minimum atomic E-state index is -0.425. The van der Waals surface area contributed by atoms with Crippen molar-refractivity contribution in [2.75, 3.05) is 29.9 Å². The van der Waals surface area contributed by atoms with E-state index in [9.17, 15) is 14.0 Å². The zero-order chi connectivity index (χ0) is 20.4. The Hall–Kier alpha value is -2.89. The largest absolute Gasteiger partial charge is 0.371 e. The summed E-state index contributed by atoms with van der Waals surface area (Å²) in [7, 11) is 0. The molecule has 4 rings (SSSR count). The molecular formula is C23H26FN3O2. The fraction of sp³-hybridized carbons (Fsp3) is 0.391. The molecule has 29 heavy (non-hydrogen) atoms. The third-order valence-electron chi connectivity index (χ3n) is 5.70. The summed E-state index contributed by atoms with van der Waals surface area (Å²) < 4.78 is 14.1. The maximum absolute atomic E-state index is 14.1. The molecule has 5 nitrogen and oxygen atoms in total. The van der Waals surface area contributed by atoms with Crippen molar-refractivity contribution in [1.82, 2.24) is 4.90 Å². The van der Waals surface area contributed by atoms with Crippen molar-refractivity contribution in [3.05, 3.63) is 59.4 Å². The molecule has 2 aliphatic heterocycles. The smallest absolute Gasteiger partial charge is 0.229 e. The summed E-state index contributed by atoms with van der Waals surface area (Å²) in [6.45, 7) is 4.71.